The van der Waals surface area contributed by atoms with E-state index in [4.69, 9.17) is 0 Å². The van der Waals surface area contributed by atoms with Crippen LogP contribution >= 0.6 is 0 Å². The van der Waals surface area contributed by atoms with E-state index in [1.165, 1.54) is 64.1 Å². The van der Waals surface area contributed by atoms with Crippen LogP contribution in [0, 0.1) is 56.2 Å². The number of aldehydes is 1. The highest BCUT2D eigenvalue weighted by Gasteiger charge is 2.72. The Kier molecular flexibility index (Phi) is 5.01. The minimum absolute atomic E-state index is 0.125. The predicted octanol–water partition coefficient (Wildman–Crippen LogP) is 7.43. The molecule has 32 heavy (non-hydrogen) atoms. The van der Waals surface area contributed by atoms with Gasteiger partial charge in [0, 0.05) is 5.41 Å². The molecule has 5 rings (SSSR count). The van der Waals surface area contributed by atoms with Gasteiger partial charge in [0.05, 0.1) is 6.10 Å². The molecule has 0 aromatic rings. The van der Waals surface area contributed by atoms with Crippen molar-refractivity contribution in [2.24, 2.45) is 56.2 Å². The first-order valence-electron chi connectivity index (χ1n) is 13.9. The van der Waals surface area contributed by atoms with Crippen molar-refractivity contribution in [1.29, 1.82) is 0 Å². The van der Waals surface area contributed by atoms with Crippen molar-refractivity contribution in [2.45, 2.75) is 125 Å². The molecule has 5 fully saturated rings. The molecule has 0 spiro atoms. The van der Waals surface area contributed by atoms with Gasteiger partial charge in [0.1, 0.15) is 6.29 Å². The highest BCUT2D eigenvalue weighted by molar-refractivity contribution is 5.63. The maximum atomic E-state index is 13.3. The number of aliphatic hydroxyl groups is 1. The van der Waals surface area contributed by atoms with Crippen LogP contribution in [0.4, 0.5) is 0 Å². The lowest BCUT2D eigenvalue weighted by Gasteiger charge is -2.74. The largest absolute Gasteiger partial charge is 0.393 e. The van der Waals surface area contributed by atoms with E-state index < -0.39 is 0 Å². The van der Waals surface area contributed by atoms with Gasteiger partial charge >= 0.3 is 0 Å². The molecule has 10 atom stereocenters. The van der Waals surface area contributed by atoms with Gasteiger partial charge in [-0.25, -0.2) is 0 Å². The zero-order valence-corrected chi connectivity index (χ0v) is 22.1. The van der Waals surface area contributed by atoms with E-state index >= 15 is 0 Å². The minimum atomic E-state index is -0.143. The first-order chi connectivity index (χ1) is 14.8. The van der Waals surface area contributed by atoms with E-state index in [9.17, 15) is 9.90 Å². The molecule has 0 bridgehead atoms. The standard InChI is InChI=1S/C30H50O2/c1-20-21(32)8-9-22-27(20,5)11-10-23-28(22,6)15-17-30(19-31)24-18-25(2,3)12-13-26(24,4)14-16-29(23,30)7/h19-24,32H,8-18H2,1-7H3/t20-,21-,22+,23-,24+,26+,27+,28-,29+,30+/m0/s1. The van der Waals surface area contributed by atoms with Crippen LogP contribution in [-0.4, -0.2) is 17.5 Å². The highest BCUT2D eigenvalue weighted by Crippen LogP contribution is 2.78. The maximum absolute atomic E-state index is 13.3. The van der Waals surface area contributed by atoms with Crippen molar-refractivity contribution in [2.75, 3.05) is 0 Å². The summed E-state index contributed by atoms with van der Waals surface area (Å²) >= 11 is 0. The fraction of sp³-hybridized carbons (Fsp3) is 0.967. The number of carbonyl (C=O) groups excluding carboxylic acids is 1. The Hall–Kier alpha value is -0.370. The molecule has 0 radical (unpaired) electrons. The van der Waals surface area contributed by atoms with Crippen molar-refractivity contribution in [1.82, 2.24) is 0 Å². The Balaban J connectivity index is 1.57. The second kappa shape index (κ2) is 6.86. The summed E-state index contributed by atoms with van der Waals surface area (Å²) in [5.41, 5.74) is 1.24. The molecule has 1 N–H and O–H groups in total. The summed E-state index contributed by atoms with van der Waals surface area (Å²) in [6.07, 6.45) is 14.7. The number of aliphatic hydroxyl groups excluding tert-OH is 1. The van der Waals surface area contributed by atoms with Gasteiger partial charge in [0.25, 0.3) is 0 Å². The molecule has 5 saturated carbocycles. The summed E-state index contributed by atoms with van der Waals surface area (Å²) < 4.78 is 0. The normalized spacial score (nSPS) is 59.2. The Labute approximate surface area is 197 Å². The van der Waals surface area contributed by atoms with Gasteiger partial charge in [0.2, 0.25) is 0 Å². The molecule has 5 aliphatic carbocycles. The number of hydrogen-bond donors (Lipinski definition) is 1. The van der Waals surface area contributed by atoms with Crippen LogP contribution in [0.15, 0.2) is 0 Å². The lowest BCUT2D eigenvalue weighted by Crippen LogP contribution is -2.69. The summed E-state index contributed by atoms with van der Waals surface area (Å²) in [7, 11) is 0. The molecule has 0 aromatic carbocycles. The van der Waals surface area contributed by atoms with Gasteiger partial charge in [-0.1, -0.05) is 48.5 Å². The molecule has 0 heterocycles. The number of hydrogen-bond acceptors (Lipinski definition) is 2. The molecular weight excluding hydrogens is 392 g/mol. The maximum Gasteiger partial charge on any atom is 0.126 e. The smallest absolute Gasteiger partial charge is 0.126 e. The molecule has 0 amide bonds. The van der Waals surface area contributed by atoms with E-state index in [0.29, 0.717) is 39.9 Å². The monoisotopic (exact) mass is 442 g/mol. The van der Waals surface area contributed by atoms with E-state index in [-0.39, 0.29) is 22.3 Å². The first kappa shape index (κ1) is 23.4. The second-order valence-corrected chi connectivity index (χ2v) is 15.2. The van der Waals surface area contributed by atoms with Crippen LogP contribution in [0.1, 0.15) is 119 Å². The van der Waals surface area contributed by atoms with Crippen molar-refractivity contribution >= 4 is 6.29 Å². The van der Waals surface area contributed by atoms with Gasteiger partial charge in [-0.15, -0.1) is 0 Å². The summed E-state index contributed by atoms with van der Waals surface area (Å²) in [4.78, 5) is 13.3. The lowest BCUT2D eigenvalue weighted by atomic mass is 9.30. The number of fused-ring (bicyclic) bond motifs is 7. The Morgan fingerprint density at radius 1 is 0.719 bits per heavy atom. The molecule has 5 aliphatic rings. The quantitative estimate of drug-likeness (QED) is 0.429. The topological polar surface area (TPSA) is 37.3 Å². The second-order valence-electron chi connectivity index (χ2n) is 15.2. The summed E-state index contributed by atoms with van der Waals surface area (Å²) in [5, 5.41) is 10.7. The summed E-state index contributed by atoms with van der Waals surface area (Å²) in [6, 6.07) is 0. The molecule has 0 aromatic heterocycles. The van der Waals surface area contributed by atoms with Gasteiger partial charge in [-0.2, -0.15) is 0 Å². The minimum Gasteiger partial charge on any atom is -0.393 e. The summed E-state index contributed by atoms with van der Waals surface area (Å²) in [5.74, 6) is 2.26. The van der Waals surface area contributed by atoms with Gasteiger partial charge in [0.15, 0.2) is 0 Å². The Bertz CT molecular complexity index is 788. The molecule has 2 heteroatoms. The SMILES string of the molecule is C[C@H]1[C@@H](O)CC[C@@H]2[C@]1(C)CC[C@H]1[C@@]2(C)CC[C@@]2(C=O)[C@@H]3CC(C)(C)CC[C@]3(C)CC[C@]12C. The molecule has 182 valence electrons. The van der Waals surface area contributed by atoms with Crippen LogP contribution in [0.5, 0.6) is 0 Å². The fourth-order valence-electron chi connectivity index (χ4n) is 11.3. The summed E-state index contributed by atoms with van der Waals surface area (Å²) in [6.45, 7) is 17.4. The molecule has 0 aliphatic heterocycles. The molecule has 0 saturated heterocycles. The average Bonchev–Trinajstić information content (AvgIpc) is 2.72. The van der Waals surface area contributed by atoms with Gasteiger partial charge in [-0.05, 0) is 121 Å². The van der Waals surface area contributed by atoms with Crippen molar-refractivity contribution in [3.05, 3.63) is 0 Å². The van der Waals surface area contributed by atoms with Crippen molar-refractivity contribution in [3.8, 4) is 0 Å². The van der Waals surface area contributed by atoms with E-state index in [1.54, 1.807) is 0 Å². The van der Waals surface area contributed by atoms with Crippen LogP contribution in [0.2, 0.25) is 0 Å². The number of rotatable bonds is 1. The molecule has 2 nitrogen and oxygen atoms in total. The average molecular weight is 443 g/mol. The third-order valence-corrected chi connectivity index (χ3v) is 13.7. The predicted molar refractivity (Wildman–Crippen MR) is 131 cm³/mol. The van der Waals surface area contributed by atoms with Crippen LogP contribution < -0.4 is 0 Å². The number of carbonyl (C=O) groups is 1. The van der Waals surface area contributed by atoms with Crippen molar-refractivity contribution < 1.29 is 9.90 Å². The van der Waals surface area contributed by atoms with E-state index in [2.05, 4.69) is 48.5 Å². The zero-order chi connectivity index (χ0) is 23.4. The molecule has 0 unspecified atom stereocenters. The van der Waals surface area contributed by atoms with Gasteiger partial charge in [-0.3, -0.25) is 0 Å². The fourth-order valence-corrected chi connectivity index (χ4v) is 11.3. The van der Waals surface area contributed by atoms with E-state index in [1.807, 2.05) is 0 Å². The van der Waals surface area contributed by atoms with Crippen molar-refractivity contribution in [3.63, 3.8) is 0 Å². The third-order valence-electron chi connectivity index (χ3n) is 13.7. The Morgan fingerprint density at radius 2 is 1.41 bits per heavy atom. The third kappa shape index (κ3) is 2.71. The lowest BCUT2D eigenvalue weighted by molar-refractivity contribution is -0.256. The van der Waals surface area contributed by atoms with Crippen LogP contribution in [0.25, 0.3) is 0 Å². The first-order valence-corrected chi connectivity index (χ1v) is 13.9. The Morgan fingerprint density at radius 3 is 2.09 bits per heavy atom. The zero-order valence-electron chi connectivity index (χ0n) is 22.1. The van der Waals surface area contributed by atoms with Gasteiger partial charge < -0.3 is 9.90 Å². The van der Waals surface area contributed by atoms with Crippen LogP contribution in [-0.2, 0) is 4.79 Å². The molecular formula is C30H50O2. The van der Waals surface area contributed by atoms with Crippen LogP contribution in [0.3, 0.4) is 0 Å². The highest BCUT2D eigenvalue weighted by atomic mass is 16.3. The van der Waals surface area contributed by atoms with E-state index in [0.717, 1.165) is 12.8 Å².